The first-order valence-corrected chi connectivity index (χ1v) is 5.89. The predicted molar refractivity (Wildman–Crippen MR) is 69.0 cm³/mol. The van der Waals surface area contributed by atoms with Gasteiger partial charge in [0, 0.05) is 9.86 Å². The highest BCUT2D eigenvalue weighted by atomic mass is 79.9. The summed E-state index contributed by atoms with van der Waals surface area (Å²) in [7, 11) is 0. The molecule has 0 aliphatic rings. The van der Waals surface area contributed by atoms with Crippen molar-refractivity contribution >= 4 is 50.2 Å². The molecule has 0 saturated carbocycles. The first-order chi connectivity index (χ1) is 7.65. The van der Waals surface area contributed by atoms with E-state index in [1.807, 2.05) is 13.0 Å². The van der Waals surface area contributed by atoms with Gasteiger partial charge in [0.2, 0.25) is 4.77 Å². The van der Waals surface area contributed by atoms with Crippen LogP contribution in [0.25, 0.3) is 22.1 Å². The first kappa shape index (κ1) is 9.92. The number of aromatic nitrogens is 4. The molecule has 4 nitrogen and oxygen atoms in total. The third-order valence-electron chi connectivity index (χ3n) is 2.50. The van der Waals surface area contributed by atoms with Crippen molar-refractivity contribution in [2.45, 2.75) is 6.92 Å². The molecule has 0 aliphatic carbocycles. The Kier molecular flexibility index (Phi) is 2.08. The molecule has 0 spiro atoms. The number of hydrogen-bond donors (Lipinski definition) is 2. The molecule has 16 heavy (non-hydrogen) atoms. The van der Waals surface area contributed by atoms with Crippen molar-refractivity contribution in [1.82, 2.24) is 20.2 Å². The Hall–Kier alpha value is -1.27. The monoisotopic (exact) mass is 294 g/mol. The molecule has 0 amide bonds. The summed E-state index contributed by atoms with van der Waals surface area (Å²) in [5.41, 5.74) is 3.73. The van der Waals surface area contributed by atoms with Crippen LogP contribution in [0.4, 0.5) is 0 Å². The van der Waals surface area contributed by atoms with Gasteiger partial charge in [0.15, 0.2) is 5.65 Å². The number of aromatic amines is 2. The van der Waals surface area contributed by atoms with Crippen LogP contribution in [-0.2, 0) is 0 Å². The van der Waals surface area contributed by atoms with Crippen molar-refractivity contribution in [2.24, 2.45) is 0 Å². The highest BCUT2D eigenvalue weighted by Gasteiger charge is 2.09. The number of fused-ring (bicyclic) bond motifs is 3. The average Bonchev–Trinajstić information content (AvgIpc) is 2.56. The van der Waals surface area contributed by atoms with E-state index in [2.05, 4.69) is 42.2 Å². The second-order valence-corrected chi connectivity index (χ2v) is 4.91. The molecule has 2 aromatic heterocycles. The number of hydrogen-bond acceptors (Lipinski definition) is 3. The molecule has 1 aromatic carbocycles. The normalized spacial score (nSPS) is 11.4. The lowest BCUT2D eigenvalue weighted by molar-refractivity contribution is 0.999. The van der Waals surface area contributed by atoms with Crippen LogP contribution in [0.15, 0.2) is 16.6 Å². The lowest BCUT2D eigenvalue weighted by atomic mass is 10.1. The van der Waals surface area contributed by atoms with Gasteiger partial charge in [-0.3, -0.25) is 5.10 Å². The smallest absolute Gasteiger partial charge is 0.215 e. The SMILES string of the molecule is Cc1cc(Br)cc2c1[nH]c1nc(=S)[nH]nc12. The van der Waals surface area contributed by atoms with E-state index < -0.39 is 0 Å². The van der Waals surface area contributed by atoms with E-state index in [-0.39, 0.29) is 0 Å². The van der Waals surface area contributed by atoms with Crippen molar-refractivity contribution < 1.29 is 0 Å². The Balaban J connectivity index is 2.60. The van der Waals surface area contributed by atoms with Gasteiger partial charge in [0.1, 0.15) is 5.52 Å². The minimum Gasteiger partial charge on any atom is -0.337 e. The molecule has 0 radical (unpaired) electrons. The zero-order valence-electron chi connectivity index (χ0n) is 8.34. The molecule has 80 valence electrons. The number of rotatable bonds is 0. The molecule has 0 unspecified atom stereocenters. The molecular formula is C10H7BrN4S. The van der Waals surface area contributed by atoms with Crippen molar-refractivity contribution in [3.05, 3.63) is 26.9 Å². The zero-order valence-corrected chi connectivity index (χ0v) is 10.7. The summed E-state index contributed by atoms with van der Waals surface area (Å²) in [6.07, 6.45) is 0. The van der Waals surface area contributed by atoms with Crippen LogP contribution in [0.3, 0.4) is 0 Å². The Bertz CT molecular complexity index is 758. The molecule has 0 fully saturated rings. The van der Waals surface area contributed by atoms with Crippen LogP contribution in [-0.4, -0.2) is 20.2 Å². The summed E-state index contributed by atoms with van der Waals surface area (Å²) in [5, 5.41) is 7.96. The van der Waals surface area contributed by atoms with Gasteiger partial charge in [0.05, 0.1) is 5.52 Å². The Morgan fingerprint density at radius 3 is 3.00 bits per heavy atom. The number of benzene rings is 1. The maximum atomic E-state index is 4.94. The van der Waals surface area contributed by atoms with E-state index >= 15 is 0 Å². The van der Waals surface area contributed by atoms with E-state index in [4.69, 9.17) is 12.2 Å². The number of aryl methyl sites for hydroxylation is 1. The third kappa shape index (κ3) is 1.37. The van der Waals surface area contributed by atoms with Crippen molar-refractivity contribution in [2.75, 3.05) is 0 Å². The lowest BCUT2D eigenvalue weighted by Crippen LogP contribution is -1.86. The first-order valence-electron chi connectivity index (χ1n) is 4.69. The van der Waals surface area contributed by atoms with Gasteiger partial charge >= 0.3 is 0 Å². The van der Waals surface area contributed by atoms with E-state index in [9.17, 15) is 0 Å². The zero-order chi connectivity index (χ0) is 11.3. The topological polar surface area (TPSA) is 57.4 Å². The minimum atomic E-state index is 0.385. The van der Waals surface area contributed by atoms with Gasteiger partial charge in [-0.25, -0.2) is 0 Å². The minimum absolute atomic E-state index is 0.385. The number of H-pyrrole nitrogens is 2. The fraction of sp³-hybridized carbons (Fsp3) is 0.100. The quantitative estimate of drug-likeness (QED) is 0.626. The van der Waals surface area contributed by atoms with Crippen LogP contribution >= 0.6 is 28.1 Å². The molecule has 0 bridgehead atoms. The summed E-state index contributed by atoms with van der Waals surface area (Å²) in [6.45, 7) is 2.04. The summed E-state index contributed by atoms with van der Waals surface area (Å²) in [4.78, 5) is 7.44. The summed E-state index contributed by atoms with van der Waals surface area (Å²) < 4.78 is 1.42. The maximum absolute atomic E-state index is 4.94. The summed E-state index contributed by atoms with van der Waals surface area (Å²) in [5.74, 6) is 0. The van der Waals surface area contributed by atoms with Gasteiger partial charge in [-0.2, -0.15) is 10.1 Å². The molecule has 0 aliphatic heterocycles. The van der Waals surface area contributed by atoms with Crippen molar-refractivity contribution in [3.8, 4) is 0 Å². The fourth-order valence-electron chi connectivity index (χ4n) is 1.83. The molecule has 2 heterocycles. The van der Waals surface area contributed by atoms with E-state index in [1.54, 1.807) is 0 Å². The largest absolute Gasteiger partial charge is 0.337 e. The summed E-state index contributed by atoms with van der Waals surface area (Å²) >= 11 is 8.42. The third-order valence-corrected chi connectivity index (χ3v) is 3.14. The molecule has 0 saturated heterocycles. The highest BCUT2D eigenvalue weighted by Crippen LogP contribution is 2.27. The molecule has 0 atom stereocenters. The van der Waals surface area contributed by atoms with E-state index in [1.165, 1.54) is 0 Å². The Morgan fingerprint density at radius 1 is 1.38 bits per heavy atom. The number of nitrogens with zero attached hydrogens (tertiary/aromatic N) is 2. The second kappa shape index (κ2) is 3.36. The molecule has 3 aromatic rings. The molecular weight excluding hydrogens is 288 g/mol. The number of nitrogens with one attached hydrogen (secondary N) is 2. The lowest BCUT2D eigenvalue weighted by Gasteiger charge is -1.96. The molecule has 6 heteroatoms. The highest BCUT2D eigenvalue weighted by molar-refractivity contribution is 9.10. The average molecular weight is 295 g/mol. The van der Waals surface area contributed by atoms with Gasteiger partial charge in [0.25, 0.3) is 0 Å². The number of halogens is 1. The van der Waals surface area contributed by atoms with Gasteiger partial charge in [-0.1, -0.05) is 15.9 Å². The van der Waals surface area contributed by atoms with Gasteiger partial charge in [-0.05, 0) is 36.8 Å². The Labute approximate surface area is 104 Å². The van der Waals surface area contributed by atoms with Crippen LogP contribution in [0.2, 0.25) is 0 Å². The van der Waals surface area contributed by atoms with Crippen LogP contribution in [0.1, 0.15) is 5.56 Å². The summed E-state index contributed by atoms with van der Waals surface area (Å²) in [6, 6.07) is 4.07. The predicted octanol–water partition coefficient (Wildman–Crippen LogP) is 3.24. The second-order valence-electron chi connectivity index (χ2n) is 3.61. The van der Waals surface area contributed by atoms with Gasteiger partial charge < -0.3 is 4.98 Å². The molecule has 2 N–H and O–H groups in total. The van der Waals surface area contributed by atoms with E-state index in [0.29, 0.717) is 4.77 Å². The van der Waals surface area contributed by atoms with Gasteiger partial charge in [-0.15, -0.1) is 0 Å². The molecule has 3 rings (SSSR count). The fourth-order valence-corrected chi connectivity index (χ4v) is 2.53. The maximum Gasteiger partial charge on any atom is 0.215 e. The van der Waals surface area contributed by atoms with Crippen molar-refractivity contribution in [1.29, 1.82) is 0 Å². The van der Waals surface area contributed by atoms with E-state index in [0.717, 1.165) is 32.1 Å². The standard InChI is InChI=1S/C10H7BrN4S/c1-4-2-5(11)3-6-7(4)12-9-8(6)14-15-10(16)13-9/h2-3H,1H3,(H2,12,13,15,16). The van der Waals surface area contributed by atoms with Crippen LogP contribution in [0, 0.1) is 11.7 Å². The van der Waals surface area contributed by atoms with Crippen molar-refractivity contribution in [3.63, 3.8) is 0 Å². The Morgan fingerprint density at radius 2 is 2.19 bits per heavy atom. The van der Waals surface area contributed by atoms with Crippen LogP contribution in [0.5, 0.6) is 0 Å². The van der Waals surface area contributed by atoms with Crippen LogP contribution < -0.4 is 0 Å².